The number of ether oxygens (including phenoxy) is 1. The van der Waals surface area contributed by atoms with Gasteiger partial charge in [-0.1, -0.05) is 23.9 Å². The predicted molar refractivity (Wildman–Crippen MR) is 107 cm³/mol. The Bertz CT molecular complexity index is 700. The van der Waals surface area contributed by atoms with Crippen molar-refractivity contribution in [3.8, 4) is 5.75 Å². The number of nitrogens with one attached hydrogen (secondary N) is 1. The number of benzene rings is 1. The van der Waals surface area contributed by atoms with E-state index in [4.69, 9.17) is 4.74 Å². The summed E-state index contributed by atoms with van der Waals surface area (Å²) in [5.74, 6) is 0.377. The molecule has 7 heteroatoms. The summed E-state index contributed by atoms with van der Waals surface area (Å²) in [7, 11) is 0. The van der Waals surface area contributed by atoms with E-state index >= 15 is 0 Å². The molecule has 1 fully saturated rings. The van der Waals surface area contributed by atoms with E-state index in [2.05, 4.69) is 23.5 Å². The molecule has 0 aliphatic carbocycles. The highest BCUT2D eigenvalue weighted by Crippen LogP contribution is 2.28. The van der Waals surface area contributed by atoms with Gasteiger partial charge in [-0.3, -0.25) is 19.5 Å². The highest BCUT2D eigenvalue weighted by Gasteiger charge is 2.35. The van der Waals surface area contributed by atoms with Crippen molar-refractivity contribution in [2.45, 2.75) is 18.6 Å². The van der Waals surface area contributed by atoms with Crippen LogP contribution in [0.5, 0.6) is 5.75 Å². The van der Waals surface area contributed by atoms with Crippen molar-refractivity contribution in [2.75, 3.05) is 25.0 Å². The van der Waals surface area contributed by atoms with E-state index in [1.54, 1.807) is 41.3 Å². The molecule has 1 aliphatic rings. The van der Waals surface area contributed by atoms with Crippen molar-refractivity contribution in [3.05, 3.63) is 49.6 Å². The van der Waals surface area contributed by atoms with Gasteiger partial charge in [-0.05, 0) is 31.2 Å². The molecule has 26 heavy (non-hydrogen) atoms. The summed E-state index contributed by atoms with van der Waals surface area (Å²) >= 11 is 1.28. The Hall–Kier alpha value is -2.54. The zero-order valence-corrected chi connectivity index (χ0v) is 15.6. The van der Waals surface area contributed by atoms with Crippen molar-refractivity contribution in [1.82, 2.24) is 4.90 Å². The Morgan fingerprint density at radius 3 is 2.73 bits per heavy atom. The van der Waals surface area contributed by atoms with Gasteiger partial charge in [0.05, 0.1) is 13.2 Å². The van der Waals surface area contributed by atoms with Gasteiger partial charge in [0.25, 0.3) is 0 Å². The number of hydrogen-bond donors (Lipinski definition) is 1. The number of amides is 2. The predicted octanol–water partition coefficient (Wildman–Crippen LogP) is 3.09. The molecule has 1 N–H and O–H groups in total. The molecule has 1 aromatic rings. The number of aliphatic imine (C=N–C) groups is 1. The van der Waals surface area contributed by atoms with Gasteiger partial charge in [0.15, 0.2) is 5.17 Å². The Kier molecular flexibility index (Phi) is 7.47. The van der Waals surface area contributed by atoms with Crippen LogP contribution >= 0.6 is 11.8 Å². The molecule has 1 saturated heterocycles. The minimum absolute atomic E-state index is 0.120. The van der Waals surface area contributed by atoms with Gasteiger partial charge >= 0.3 is 0 Å². The van der Waals surface area contributed by atoms with Crippen molar-refractivity contribution < 1.29 is 14.3 Å². The van der Waals surface area contributed by atoms with Gasteiger partial charge in [0, 0.05) is 18.7 Å². The van der Waals surface area contributed by atoms with Crippen LogP contribution in [-0.4, -0.2) is 46.8 Å². The summed E-state index contributed by atoms with van der Waals surface area (Å²) in [6.07, 6.45) is 3.41. The van der Waals surface area contributed by atoms with Gasteiger partial charge in [-0.25, -0.2) is 0 Å². The van der Waals surface area contributed by atoms with E-state index in [1.807, 2.05) is 6.92 Å². The fourth-order valence-corrected chi connectivity index (χ4v) is 3.45. The van der Waals surface area contributed by atoms with Crippen molar-refractivity contribution in [2.24, 2.45) is 4.99 Å². The first-order valence-corrected chi connectivity index (χ1v) is 9.24. The second-order valence-corrected chi connectivity index (χ2v) is 6.63. The number of thioether (sulfide) groups is 1. The second-order valence-electron chi connectivity index (χ2n) is 5.46. The molecular weight excluding hydrogens is 350 g/mol. The third kappa shape index (κ3) is 5.23. The number of rotatable bonds is 8. The maximum Gasteiger partial charge on any atom is 0.238 e. The average Bonchev–Trinajstić information content (AvgIpc) is 2.64. The normalized spacial score (nSPS) is 18.5. The van der Waals surface area contributed by atoms with Gasteiger partial charge in [-0.2, -0.15) is 0 Å². The van der Waals surface area contributed by atoms with Crippen LogP contribution in [0.3, 0.4) is 0 Å². The zero-order valence-electron chi connectivity index (χ0n) is 14.8. The zero-order chi connectivity index (χ0) is 18.9. The Labute approximate surface area is 158 Å². The van der Waals surface area contributed by atoms with Crippen molar-refractivity contribution in [1.29, 1.82) is 0 Å². The summed E-state index contributed by atoms with van der Waals surface area (Å²) in [5, 5.41) is 2.84. The van der Waals surface area contributed by atoms with Crippen LogP contribution in [0.2, 0.25) is 0 Å². The highest BCUT2D eigenvalue weighted by molar-refractivity contribution is 8.15. The molecule has 2 rings (SSSR count). The lowest BCUT2D eigenvalue weighted by atomic mass is 10.2. The standard InChI is InChI=1S/C19H23N3O3S/c1-4-11-20-19-22(12-5-2)17(23)13-16(26-19)18(24)21-14-7-9-15(10-8-14)25-6-3/h4-5,7-10,16H,1-2,6,11-13H2,3H3,(H,21,24)/t16-/m1/s1. The minimum atomic E-state index is -0.529. The lowest BCUT2D eigenvalue weighted by Gasteiger charge is -2.31. The molecule has 6 nitrogen and oxygen atoms in total. The number of nitrogens with zero attached hydrogens (tertiary/aromatic N) is 2. The highest BCUT2D eigenvalue weighted by atomic mass is 32.2. The largest absolute Gasteiger partial charge is 0.494 e. The number of carbonyl (C=O) groups excluding carboxylic acids is 2. The third-order valence-electron chi connectivity index (χ3n) is 3.53. The number of amidine groups is 1. The fraction of sp³-hybridized carbons (Fsp3) is 0.316. The summed E-state index contributed by atoms with van der Waals surface area (Å²) < 4.78 is 5.38. The molecule has 0 unspecified atom stereocenters. The van der Waals surface area contributed by atoms with Crippen LogP contribution in [-0.2, 0) is 9.59 Å². The van der Waals surface area contributed by atoms with Crippen molar-refractivity contribution in [3.63, 3.8) is 0 Å². The Balaban J connectivity index is 2.07. The Morgan fingerprint density at radius 2 is 2.12 bits per heavy atom. The molecule has 138 valence electrons. The van der Waals surface area contributed by atoms with Crippen molar-refractivity contribution >= 4 is 34.4 Å². The van der Waals surface area contributed by atoms with E-state index < -0.39 is 5.25 Å². The van der Waals surface area contributed by atoms with Gasteiger partial charge in [0.1, 0.15) is 11.0 Å². The molecule has 0 radical (unpaired) electrons. The molecule has 0 saturated carbocycles. The van der Waals surface area contributed by atoms with E-state index in [0.29, 0.717) is 30.6 Å². The maximum absolute atomic E-state index is 12.6. The summed E-state index contributed by atoms with van der Waals surface area (Å²) in [6.45, 7) is 10.6. The van der Waals surface area contributed by atoms with Crippen LogP contribution in [0, 0.1) is 0 Å². The molecule has 2 amide bonds. The smallest absolute Gasteiger partial charge is 0.238 e. The molecule has 0 bridgehead atoms. The number of anilines is 1. The first kappa shape index (κ1) is 19.8. The first-order valence-electron chi connectivity index (χ1n) is 8.36. The average molecular weight is 373 g/mol. The van der Waals surface area contributed by atoms with E-state index in [0.717, 1.165) is 5.75 Å². The molecule has 1 heterocycles. The maximum atomic E-state index is 12.6. The SMILES string of the molecule is C=CCN=C1S[C@@H](C(=O)Nc2ccc(OCC)cc2)CC(=O)N1CC=C. The molecule has 0 aromatic heterocycles. The van der Waals surface area contributed by atoms with Crippen LogP contribution in [0.25, 0.3) is 0 Å². The molecule has 1 aliphatic heterocycles. The van der Waals surface area contributed by atoms with Gasteiger partial charge < -0.3 is 10.1 Å². The van der Waals surface area contributed by atoms with Gasteiger partial charge in [-0.15, -0.1) is 13.2 Å². The number of hydrogen-bond acceptors (Lipinski definition) is 5. The minimum Gasteiger partial charge on any atom is -0.494 e. The molecule has 1 atom stereocenters. The van der Waals surface area contributed by atoms with Crippen LogP contribution < -0.4 is 10.1 Å². The van der Waals surface area contributed by atoms with Crippen LogP contribution in [0.4, 0.5) is 5.69 Å². The van der Waals surface area contributed by atoms with Gasteiger partial charge in [0.2, 0.25) is 11.8 Å². The third-order valence-corrected chi connectivity index (χ3v) is 4.76. The lowest BCUT2D eigenvalue weighted by molar-refractivity contribution is -0.129. The van der Waals surface area contributed by atoms with E-state index in [1.165, 1.54) is 11.8 Å². The monoisotopic (exact) mass is 373 g/mol. The van der Waals surface area contributed by atoms with E-state index in [-0.39, 0.29) is 18.2 Å². The Morgan fingerprint density at radius 1 is 1.38 bits per heavy atom. The number of carbonyl (C=O) groups is 2. The summed E-state index contributed by atoms with van der Waals surface area (Å²) in [6, 6.07) is 7.13. The summed E-state index contributed by atoms with van der Waals surface area (Å²) in [4.78, 5) is 30.9. The van der Waals surface area contributed by atoms with E-state index in [9.17, 15) is 9.59 Å². The topological polar surface area (TPSA) is 71.0 Å². The first-order chi connectivity index (χ1) is 12.6. The lowest BCUT2D eigenvalue weighted by Crippen LogP contribution is -2.45. The quantitative estimate of drug-likeness (QED) is 0.711. The second kappa shape index (κ2) is 9.82. The van der Waals surface area contributed by atoms with Crippen LogP contribution in [0.15, 0.2) is 54.6 Å². The summed E-state index contributed by atoms with van der Waals surface area (Å²) in [5.41, 5.74) is 0.657. The fourth-order valence-electron chi connectivity index (χ4n) is 2.35. The molecular formula is C19H23N3O3S. The molecule has 0 spiro atoms. The molecule has 1 aromatic carbocycles. The van der Waals surface area contributed by atoms with Crippen LogP contribution in [0.1, 0.15) is 13.3 Å².